The van der Waals surface area contributed by atoms with Crippen LogP contribution in [0.4, 0.5) is 4.39 Å². The molecule has 0 atom stereocenters. The molecular weight excluding hydrogens is 337 g/mol. The molecule has 0 unspecified atom stereocenters. The molecule has 2 heterocycles. The first-order valence-corrected chi connectivity index (χ1v) is 9.17. The standard InChI is InChI=1S/C16H14FNO3S2/c17-14-3-1-5-16(9-14)23(19,20)18(10-13-6-7-21-12-13)11-15-4-2-8-22-15/h1-9,12H,10-11H2. The normalized spacial score (nSPS) is 11.9. The van der Waals surface area contributed by atoms with Crippen LogP contribution in [0.5, 0.6) is 0 Å². The van der Waals surface area contributed by atoms with Crippen LogP contribution in [0, 0.1) is 5.82 Å². The van der Waals surface area contributed by atoms with Crippen LogP contribution >= 0.6 is 11.3 Å². The van der Waals surface area contributed by atoms with Crippen molar-refractivity contribution in [2.75, 3.05) is 0 Å². The third-order valence-corrected chi connectivity index (χ3v) is 5.93. The summed E-state index contributed by atoms with van der Waals surface area (Å²) in [5, 5.41) is 1.89. The lowest BCUT2D eigenvalue weighted by Gasteiger charge is -2.21. The zero-order chi connectivity index (χ0) is 16.3. The Morgan fingerprint density at radius 1 is 1.13 bits per heavy atom. The first-order chi connectivity index (χ1) is 11.1. The number of sulfonamides is 1. The molecule has 0 fully saturated rings. The van der Waals surface area contributed by atoms with Crippen LogP contribution in [0.2, 0.25) is 0 Å². The van der Waals surface area contributed by atoms with Gasteiger partial charge in [0.25, 0.3) is 0 Å². The van der Waals surface area contributed by atoms with Crippen LogP contribution in [-0.2, 0) is 23.1 Å². The molecule has 3 rings (SSSR count). The average Bonchev–Trinajstić information content (AvgIpc) is 3.20. The summed E-state index contributed by atoms with van der Waals surface area (Å²) in [7, 11) is -3.82. The van der Waals surface area contributed by atoms with E-state index in [9.17, 15) is 12.8 Å². The van der Waals surface area contributed by atoms with Gasteiger partial charge in [-0.15, -0.1) is 11.3 Å². The van der Waals surface area contributed by atoms with Crippen molar-refractivity contribution in [3.63, 3.8) is 0 Å². The van der Waals surface area contributed by atoms with Crippen molar-refractivity contribution in [1.82, 2.24) is 4.31 Å². The van der Waals surface area contributed by atoms with E-state index in [1.807, 2.05) is 17.5 Å². The molecule has 0 aliphatic heterocycles. The topological polar surface area (TPSA) is 50.5 Å². The van der Waals surface area contributed by atoms with Gasteiger partial charge in [0.1, 0.15) is 5.82 Å². The van der Waals surface area contributed by atoms with Gasteiger partial charge in [0.15, 0.2) is 0 Å². The number of furan rings is 1. The SMILES string of the molecule is O=S(=O)(c1cccc(F)c1)N(Cc1ccoc1)Cc1cccs1. The number of hydrogen-bond donors (Lipinski definition) is 0. The molecule has 0 saturated carbocycles. The third-order valence-electron chi connectivity index (χ3n) is 3.29. The number of halogens is 1. The monoisotopic (exact) mass is 351 g/mol. The van der Waals surface area contributed by atoms with Gasteiger partial charge in [-0.2, -0.15) is 4.31 Å². The van der Waals surface area contributed by atoms with Gasteiger partial charge < -0.3 is 4.42 Å². The highest BCUT2D eigenvalue weighted by molar-refractivity contribution is 7.89. The Kier molecular flexibility index (Phi) is 4.61. The summed E-state index contributed by atoms with van der Waals surface area (Å²) in [5.74, 6) is -0.578. The van der Waals surface area contributed by atoms with Gasteiger partial charge in [0.05, 0.1) is 17.4 Å². The molecule has 0 aliphatic rings. The van der Waals surface area contributed by atoms with Crippen LogP contribution < -0.4 is 0 Å². The van der Waals surface area contributed by atoms with E-state index in [0.717, 1.165) is 16.5 Å². The van der Waals surface area contributed by atoms with Crippen LogP contribution in [-0.4, -0.2) is 12.7 Å². The lowest BCUT2D eigenvalue weighted by molar-refractivity contribution is 0.401. The molecule has 0 amide bonds. The smallest absolute Gasteiger partial charge is 0.243 e. The molecule has 2 aromatic heterocycles. The van der Waals surface area contributed by atoms with Gasteiger partial charge in [-0.25, -0.2) is 12.8 Å². The average molecular weight is 351 g/mol. The quantitative estimate of drug-likeness (QED) is 0.677. The van der Waals surface area contributed by atoms with E-state index in [4.69, 9.17) is 4.42 Å². The van der Waals surface area contributed by atoms with E-state index in [2.05, 4.69) is 0 Å². The minimum Gasteiger partial charge on any atom is -0.472 e. The Balaban J connectivity index is 1.95. The molecular formula is C16H14FNO3S2. The van der Waals surface area contributed by atoms with E-state index in [1.165, 1.54) is 46.4 Å². The molecule has 7 heteroatoms. The Labute approximate surface area is 137 Å². The van der Waals surface area contributed by atoms with Crippen LogP contribution in [0.15, 0.2) is 69.7 Å². The minimum absolute atomic E-state index is 0.0578. The molecule has 0 saturated heterocycles. The highest BCUT2D eigenvalue weighted by Crippen LogP contribution is 2.23. The molecule has 3 aromatic rings. The van der Waals surface area contributed by atoms with Gasteiger partial charge in [-0.1, -0.05) is 12.1 Å². The summed E-state index contributed by atoms with van der Waals surface area (Å²) in [6.07, 6.45) is 3.00. The van der Waals surface area contributed by atoms with E-state index in [0.29, 0.717) is 0 Å². The van der Waals surface area contributed by atoms with Crippen molar-refractivity contribution in [1.29, 1.82) is 0 Å². The number of nitrogens with zero attached hydrogens (tertiary/aromatic N) is 1. The molecule has 0 aliphatic carbocycles. The molecule has 4 nitrogen and oxygen atoms in total. The fraction of sp³-hybridized carbons (Fsp3) is 0.125. The van der Waals surface area contributed by atoms with Gasteiger partial charge in [0.2, 0.25) is 10.0 Å². The molecule has 0 spiro atoms. The zero-order valence-electron chi connectivity index (χ0n) is 12.1. The van der Waals surface area contributed by atoms with Crippen LogP contribution in [0.1, 0.15) is 10.4 Å². The highest BCUT2D eigenvalue weighted by Gasteiger charge is 2.26. The van der Waals surface area contributed by atoms with E-state index < -0.39 is 15.8 Å². The largest absolute Gasteiger partial charge is 0.472 e. The molecule has 23 heavy (non-hydrogen) atoms. The fourth-order valence-corrected chi connectivity index (χ4v) is 4.40. The van der Waals surface area contributed by atoms with Crippen molar-refractivity contribution in [3.8, 4) is 0 Å². The predicted octanol–water partition coefficient (Wildman–Crippen LogP) is 3.87. The second-order valence-corrected chi connectivity index (χ2v) is 7.91. The second kappa shape index (κ2) is 6.66. The molecule has 1 aromatic carbocycles. The van der Waals surface area contributed by atoms with Crippen molar-refractivity contribution >= 4 is 21.4 Å². The summed E-state index contributed by atoms with van der Waals surface area (Å²) < 4.78 is 45.5. The zero-order valence-corrected chi connectivity index (χ0v) is 13.7. The van der Waals surface area contributed by atoms with Gasteiger partial charge >= 0.3 is 0 Å². The molecule has 0 N–H and O–H groups in total. The second-order valence-electron chi connectivity index (χ2n) is 4.94. The minimum atomic E-state index is -3.82. The van der Waals surface area contributed by atoms with Gasteiger partial charge in [0, 0.05) is 23.5 Å². The van der Waals surface area contributed by atoms with Crippen LogP contribution in [0.25, 0.3) is 0 Å². The summed E-state index contributed by atoms with van der Waals surface area (Å²) in [5.41, 5.74) is 0.738. The van der Waals surface area contributed by atoms with E-state index in [-0.39, 0.29) is 18.0 Å². The third kappa shape index (κ3) is 3.69. The van der Waals surface area contributed by atoms with Crippen molar-refractivity contribution < 1.29 is 17.2 Å². The van der Waals surface area contributed by atoms with Gasteiger partial charge in [-0.05, 0) is 35.7 Å². The summed E-state index contributed by atoms with van der Waals surface area (Å²) in [6.45, 7) is 0.384. The predicted molar refractivity (Wildman–Crippen MR) is 85.9 cm³/mol. The number of benzene rings is 1. The van der Waals surface area contributed by atoms with Crippen molar-refractivity contribution in [2.45, 2.75) is 18.0 Å². The summed E-state index contributed by atoms with van der Waals surface area (Å²) in [6, 6.07) is 10.5. The Morgan fingerprint density at radius 2 is 2.00 bits per heavy atom. The maximum atomic E-state index is 13.4. The maximum Gasteiger partial charge on any atom is 0.243 e. The number of thiophene rings is 1. The first kappa shape index (κ1) is 15.9. The Bertz CT molecular complexity index is 822. The van der Waals surface area contributed by atoms with Crippen LogP contribution in [0.3, 0.4) is 0 Å². The van der Waals surface area contributed by atoms with E-state index in [1.54, 1.807) is 6.07 Å². The fourth-order valence-electron chi connectivity index (χ4n) is 2.16. The number of rotatable bonds is 6. The summed E-state index contributed by atoms with van der Waals surface area (Å²) in [4.78, 5) is 0.853. The highest BCUT2D eigenvalue weighted by atomic mass is 32.2. The van der Waals surface area contributed by atoms with Crippen molar-refractivity contribution in [3.05, 3.63) is 76.6 Å². The Hall–Kier alpha value is -1.96. The van der Waals surface area contributed by atoms with Gasteiger partial charge in [-0.3, -0.25) is 0 Å². The molecule has 120 valence electrons. The lowest BCUT2D eigenvalue weighted by Crippen LogP contribution is -2.30. The first-order valence-electron chi connectivity index (χ1n) is 6.85. The van der Waals surface area contributed by atoms with Crippen molar-refractivity contribution in [2.24, 2.45) is 0 Å². The molecule has 0 bridgehead atoms. The lowest BCUT2D eigenvalue weighted by atomic mass is 10.3. The van der Waals surface area contributed by atoms with E-state index >= 15 is 0 Å². The maximum absolute atomic E-state index is 13.4. The Morgan fingerprint density at radius 3 is 2.65 bits per heavy atom. The number of hydrogen-bond acceptors (Lipinski definition) is 4. The molecule has 0 radical (unpaired) electrons. The summed E-state index contributed by atoms with van der Waals surface area (Å²) >= 11 is 1.47.